The monoisotopic (exact) mass is 229 g/mol. The van der Waals surface area contributed by atoms with Crippen molar-refractivity contribution in [2.24, 2.45) is 0 Å². The summed E-state index contributed by atoms with van der Waals surface area (Å²) in [4.78, 5) is 0. The fourth-order valence-corrected chi connectivity index (χ4v) is 1.78. The fraction of sp³-hybridized carbons (Fsp3) is 1.00. The van der Waals surface area contributed by atoms with Gasteiger partial charge in [0, 0.05) is 31.6 Å². The predicted octanol–water partition coefficient (Wildman–Crippen LogP) is 2.01. The van der Waals surface area contributed by atoms with Crippen molar-refractivity contribution < 1.29 is 17.9 Å². The summed E-state index contributed by atoms with van der Waals surface area (Å²) in [5.41, 5.74) is -4.10. The number of rotatable bonds is 4. The van der Waals surface area contributed by atoms with E-state index in [9.17, 15) is 13.2 Å². The molecule has 1 fully saturated rings. The second-order valence-electron chi connectivity index (χ2n) is 3.13. The molecule has 6 heteroatoms. The van der Waals surface area contributed by atoms with Crippen molar-refractivity contribution in [3.05, 3.63) is 0 Å². The van der Waals surface area contributed by atoms with Crippen LogP contribution in [0.2, 0.25) is 0 Å². The molecule has 2 nitrogen and oxygen atoms in total. The predicted molar refractivity (Wildman–Crippen MR) is 50.4 cm³/mol. The lowest BCUT2D eigenvalue weighted by Gasteiger charge is -2.23. The zero-order valence-electron chi connectivity index (χ0n) is 7.77. The molecule has 0 aromatic carbocycles. The number of ether oxygens (including phenoxy) is 1. The number of halogens is 3. The Morgan fingerprint density at radius 1 is 1.29 bits per heavy atom. The molecule has 0 bridgehead atoms. The summed E-state index contributed by atoms with van der Waals surface area (Å²) in [5, 5.41) is 3.09. The highest BCUT2D eigenvalue weighted by atomic mass is 32.2. The number of alkyl halides is 3. The van der Waals surface area contributed by atoms with Crippen molar-refractivity contribution >= 4 is 11.8 Å². The molecule has 0 spiro atoms. The molecular weight excluding hydrogens is 215 g/mol. The van der Waals surface area contributed by atoms with Crippen LogP contribution in [0.15, 0.2) is 0 Å². The van der Waals surface area contributed by atoms with E-state index in [1.165, 1.54) is 0 Å². The first kappa shape index (κ1) is 12.1. The third kappa shape index (κ3) is 5.72. The van der Waals surface area contributed by atoms with E-state index in [1.54, 1.807) is 0 Å². The average Bonchev–Trinajstić information content (AvgIpc) is 2.13. The second kappa shape index (κ2) is 5.82. The SMILES string of the molecule is FC(F)(F)SCCNC1CCOCC1. The maximum Gasteiger partial charge on any atom is 0.441 e. The molecule has 0 saturated carbocycles. The van der Waals surface area contributed by atoms with E-state index in [2.05, 4.69) is 5.32 Å². The maximum absolute atomic E-state index is 11.7. The molecule has 0 aromatic rings. The molecule has 1 saturated heterocycles. The smallest absolute Gasteiger partial charge is 0.381 e. The molecule has 0 aromatic heterocycles. The highest BCUT2D eigenvalue weighted by molar-refractivity contribution is 8.00. The minimum absolute atomic E-state index is 0.0284. The lowest BCUT2D eigenvalue weighted by atomic mass is 10.1. The van der Waals surface area contributed by atoms with Crippen molar-refractivity contribution in [1.82, 2.24) is 5.32 Å². The molecule has 0 atom stereocenters. The van der Waals surface area contributed by atoms with Crippen LogP contribution >= 0.6 is 11.8 Å². The Morgan fingerprint density at radius 3 is 2.50 bits per heavy atom. The maximum atomic E-state index is 11.7. The summed E-state index contributed by atoms with van der Waals surface area (Å²) in [6, 6.07) is 0.331. The van der Waals surface area contributed by atoms with Crippen molar-refractivity contribution in [3.63, 3.8) is 0 Å². The minimum Gasteiger partial charge on any atom is -0.381 e. The van der Waals surface area contributed by atoms with Crippen molar-refractivity contribution in [3.8, 4) is 0 Å². The summed E-state index contributed by atoms with van der Waals surface area (Å²) < 4.78 is 40.3. The van der Waals surface area contributed by atoms with Crippen LogP contribution in [0.1, 0.15) is 12.8 Å². The van der Waals surface area contributed by atoms with E-state index >= 15 is 0 Å². The molecule has 1 heterocycles. The first-order valence-electron chi connectivity index (χ1n) is 4.60. The number of hydrogen-bond donors (Lipinski definition) is 1. The Balaban J connectivity index is 1.97. The molecule has 84 valence electrons. The van der Waals surface area contributed by atoms with E-state index in [0.29, 0.717) is 25.8 Å². The first-order valence-corrected chi connectivity index (χ1v) is 5.58. The summed E-state index contributed by atoms with van der Waals surface area (Å²) in [6.45, 7) is 1.84. The minimum atomic E-state index is -4.10. The van der Waals surface area contributed by atoms with Crippen LogP contribution in [-0.2, 0) is 4.74 Å². The Hall–Kier alpha value is 0.0600. The number of nitrogens with one attached hydrogen (secondary N) is 1. The third-order valence-corrected chi connectivity index (χ3v) is 2.76. The van der Waals surface area contributed by atoms with Gasteiger partial charge in [-0.25, -0.2) is 0 Å². The van der Waals surface area contributed by atoms with Gasteiger partial charge >= 0.3 is 5.51 Å². The van der Waals surface area contributed by atoms with Crippen LogP contribution in [0.4, 0.5) is 13.2 Å². The van der Waals surface area contributed by atoms with Crippen LogP contribution in [-0.4, -0.2) is 37.1 Å². The van der Waals surface area contributed by atoms with Gasteiger partial charge in [0.05, 0.1) is 0 Å². The fourth-order valence-electron chi connectivity index (χ4n) is 1.33. The van der Waals surface area contributed by atoms with Crippen LogP contribution < -0.4 is 5.32 Å². The van der Waals surface area contributed by atoms with Gasteiger partial charge in [-0.05, 0) is 24.6 Å². The Kier molecular flexibility index (Phi) is 5.05. The molecule has 1 aliphatic rings. The van der Waals surface area contributed by atoms with Crippen LogP contribution in [0.3, 0.4) is 0 Å². The van der Waals surface area contributed by atoms with E-state index < -0.39 is 5.51 Å². The molecule has 0 amide bonds. The Morgan fingerprint density at radius 2 is 1.93 bits per heavy atom. The van der Waals surface area contributed by atoms with Gasteiger partial charge in [-0.1, -0.05) is 0 Å². The highest BCUT2D eigenvalue weighted by Crippen LogP contribution is 2.29. The van der Waals surface area contributed by atoms with Gasteiger partial charge in [-0.15, -0.1) is 0 Å². The van der Waals surface area contributed by atoms with Gasteiger partial charge in [-0.2, -0.15) is 13.2 Å². The first-order chi connectivity index (χ1) is 6.58. The highest BCUT2D eigenvalue weighted by Gasteiger charge is 2.27. The van der Waals surface area contributed by atoms with E-state index in [1.807, 2.05) is 0 Å². The Labute approximate surface area is 85.6 Å². The lowest BCUT2D eigenvalue weighted by Crippen LogP contribution is -2.36. The van der Waals surface area contributed by atoms with Crippen molar-refractivity contribution in [2.45, 2.75) is 24.4 Å². The van der Waals surface area contributed by atoms with Gasteiger partial charge in [0.2, 0.25) is 0 Å². The number of hydrogen-bond acceptors (Lipinski definition) is 3. The van der Waals surface area contributed by atoms with Gasteiger partial charge < -0.3 is 10.1 Å². The molecule has 1 aliphatic heterocycles. The quantitative estimate of drug-likeness (QED) is 0.745. The van der Waals surface area contributed by atoms with Crippen LogP contribution in [0.5, 0.6) is 0 Å². The van der Waals surface area contributed by atoms with Gasteiger partial charge in [0.25, 0.3) is 0 Å². The largest absolute Gasteiger partial charge is 0.441 e. The second-order valence-corrected chi connectivity index (χ2v) is 4.29. The van der Waals surface area contributed by atoms with Crippen molar-refractivity contribution in [2.75, 3.05) is 25.5 Å². The van der Waals surface area contributed by atoms with E-state index in [4.69, 9.17) is 4.74 Å². The van der Waals surface area contributed by atoms with Crippen LogP contribution in [0.25, 0.3) is 0 Å². The molecule has 14 heavy (non-hydrogen) atoms. The summed E-state index contributed by atoms with van der Waals surface area (Å²) in [5.74, 6) is 0.0842. The zero-order valence-corrected chi connectivity index (χ0v) is 8.59. The van der Waals surface area contributed by atoms with Crippen molar-refractivity contribution in [1.29, 1.82) is 0 Å². The molecule has 0 unspecified atom stereocenters. The van der Waals surface area contributed by atoms with E-state index in [0.717, 1.165) is 12.8 Å². The topological polar surface area (TPSA) is 21.3 Å². The normalized spacial score (nSPS) is 19.9. The summed E-state index contributed by atoms with van der Waals surface area (Å²) in [6.07, 6.45) is 1.80. The van der Waals surface area contributed by atoms with Gasteiger partial charge in [-0.3, -0.25) is 0 Å². The molecular formula is C8H14F3NOS. The lowest BCUT2D eigenvalue weighted by molar-refractivity contribution is -0.0327. The summed E-state index contributed by atoms with van der Waals surface area (Å²) in [7, 11) is 0. The molecule has 1 rings (SSSR count). The zero-order chi connectivity index (χ0) is 10.4. The molecule has 0 radical (unpaired) electrons. The Bertz CT molecular complexity index is 159. The van der Waals surface area contributed by atoms with Gasteiger partial charge in [0.15, 0.2) is 0 Å². The van der Waals surface area contributed by atoms with E-state index in [-0.39, 0.29) is 17.5 Å². The average molecular weight is 229 g/mol. The standard InChI is InChI=1S/C8H14F3NOS/c9-8(10,11)14-6-3-12-7-1-4-13-5-2-7/h7,12H,1-6H2. The summed E-state index contributed by atoms with van der Waals surface area (Å²) >= 11 is 0.0284. The molecule has 0 aliphatic carbocycles. The number of thioether (sulfide) groups is 1. The van der Waals surface area contributed by atoms with Gasteiger partial charge in [0.1, 0.15) is 0 Å². The third-order valence-electron chi connectivity index (χ3n) is 2.02. The van der Waals surface area contributed by atoms with Crippen LogP contribution in [0, 0.1) is 0 Å². The molecule has 1 N–H and O–H groups in total.